The lowest BCUT2D eigenvalue weighted by Crippen LogP contribution is -2.43. The van der Waals surface area contributed by atoms with Crippen molar-refractivity contribution in [3.63, 3.8) is 0 Å². The van der Waals surface area contributed by atoms with Crippen LogP contribution in [0.1, 0.15) is 16.2 Å². The van der Waals surface area contributed by atoms with E-state index in [0.29, 0.717) is 18.0 Å². The topological polar surface area (TPSA) is 82.6 Å². The summed E-state index contributed by atoms with van der Waals surface area (Å²) in [4.78, 5) is 6.46. The molecule has 0 saturated carbocycles. The van der Waals surface area contributed by atoms with Gasteiger partial charge in [-0.25, -0.2) is 13.1 Å². The van der Waals surface area contributed by atoms with E-state index in [1.165, 1.54) is 11.3 Å². The highest BCUT2D eigenvalue weighted by Gasteiger charge is 2.18. The van der Waals surface area contributed by atoms with Crippen molar-refractivity contribution in [3.8, 4) is 0 Å². The van der Waals surface area contributed by atoms with Gasteiger partial charge in [0.05, 0.1) is 4.90 Å². The number of sulfonamides is 1. The molecule has 0 fully saturated rings. The normalized spacial score (nSPS) is 15.6. The van der Waals surface area contributed by atoms with Crippen molar-refractivity contribution in [2.45, 2.75) is 25.2 Å². The Bertz CT molecular complexity index is 593. The van der Waals surface area contributed by atoms with Crippen LogP contribution < -0.4 is 15.4 Å². The van der Waals surface area contributed by atoms with Crippen LogP contribution in [-0.4, -0.2) is 40.6 Å². The average molecular weight is 316 g/mol. The van der Waals surface area contributed by atoms with Crippen molar-refractivity contribution in [2.75, 3.05) is 26.2 Å². The Morgan fingerprint density at radius 3 is 2.80 bits per heavy atom. The van der Waals surface area contributed by atoms with Crippen molar-refractivity contribution in [1.29, 1.82) is 0 Å². The van der Waals surface area contributed by atoms with Gasteiger partial charge in [-0.3, -0.25) is 4.99 Å². The van der Waals surface area contributed by atoms with Gasteiger partial charge in [0.1, 0.15) is 0 Å². The van der Waals surface area contributed by atoms with Gasteiger partial charge in [0.2, 0.25) is 10.0 Å². The Morgan fingerprint density at radius 2 is 2.20 bits per heavy atom. The van der Waals surface area contributed by atoms with Gasteiger partial charge in [-0.05, 0) is 26.3 Å². The molecule has 3 N–H and O–H groups in total. The second kappa shape index (κ2) is 6.55. The number of guanidine groups is 1. The van der Waals surface area contributed by atoms with Gasteiger partial charge >= 0.3 is 0 Å². The van der Waals surface area contributed by atoms with E-state index in [2.05, 4.69) is 20.3 Å². The smallest absolute Gasteiger partial charge is 0.241 e. The molecule has 0 bridgehead atoms. The van der Waals surface area contributed by atoms with Gasteiger partial charge in [-0.2, -0.15) is 0 Å². The molecule has 0 amide bonds. The van der Waals surface area contributed by atoms with Crippen LogP contribution in [0.25, 0.3) is 0 Å². The molecule has 1 aromatic heterocycles. The largest absolute Gasteiger partial charge is 0.356 e. The summed E-state index contributed by atoms with van der Waals surface area (Å²) < 4.78 is 26.9. The first kappa shape index (κ1) is 15.3. The van der Waals surface area contributed by atoms with Crippen LogP contribution in [-0.2, 0) is 10.0 Å². The highest BCUT2D eigenvalue weighted by atomic mass is 32.2. The highest BCUT2D eigenvalue weighted by Crippen LogP contribution is 2.24. The fourth-order valence-corrected chi connectivity index (χ4v) is 4.55. The summed E-state index contributed by atoms with van der Waals surface area (Å²) in [6, 6.07) is 1.71. The predicted octanol–water partition coefficient (Wildman–Crippen LogP) is 0.582. The first-order valence-electron chi connectivity index (χ1n) is 6.58. The minimum atomic E-state index is -3.41. The fraction of sp³-hybridized carbons (Fsp3) is 0.583. The van der Waals surface area contributed by atoms with E-state index >= 15 is 0 Å². The molecule has 0 saturated heterocycles. The number of hydrogen-bond donors (Lipinski definition) is 3. The lowest BCUT2D eigenvalue weighted by molar-refractivity contribution is 0.580. The Hall–Kier alpha value is -1.12. The van der Waals surface area contributed by atoms with E-state index in [9.17, 15) is 8.42 Å². The van der Waals surface area contributed by atoms with Crippen molar-refractivity contribution >= 4 is 27.3 Å². The molecule has 0 atom stereocenters. The van der Waals surface area contributed by atoms with Crippen molar-refractivity contribution in [3.05, 3.63) is 15.8 Å². The maximum Gasteiger partial charge on any atom is 0.241 e. The van der Waals surface area contributed by atoms with Gasteiger partial charge in [0.15, 0.2) is 5.96 Å². The predicted molar refractivity (Wildman–Crippen MR) is 81.9 cm³/mol. The third-order valence-corrected chi connectivity index (χ3v) is 5.57. The van der Waals surface area contributed by atoms with Gasteiger partial charge in [0.25, 0.3) is 0 Å². The van der Waals surface area contributed by atoms with Crippen LogP contribution in [0.15, 0.2) is 16.0 Å². The van der Waals surface area contributed by atoms with E-state index in [4.69, 9.17) is 0 Å². The molecule has 0 unspecified atom stereocenters. The SMILES string of the molecule is Cc1cc(S(=O)(=O)NCCNC2=NCCCN2)c(C)s1. The number of aliphatic imine (C=N–C) groups is 1. The Morgan fingerprint density at radius 1 is 1.40 bits per heavy atom. The molecule has 1 aromatic rings. The molecule has 0 aliphatic carbocycles. The second-order valence-corrected chi connectivity index (χ2v) is 7.81. The molecule has 6 nitrogen and oxygen atoms in total. The summed E-state index contributed by atoms with van der Waals surface area (Å²) >= 11 is 1.49. The molecule has 20 heavy (non-hydrogen) atoms. The zero-order valence-electron chi connectivity index (χ0n) is 11.7. The molecule has 1 aliphatic rings. The van der Waals surface area contributed by atoms with Crippen molar-refractivity contribution in [2.24, 2.45) is 4.99 Å². The monoisotopic (exact) mass is 316 g/mol. The number of rotatable bonds is 5. The summed E-state index contributed by atoms with van der Waals surface area (Å²) in [5, 5.41) is 6.20. The van der Waals surface area contributed by atoms with Gasteiger partial charge in [0, 0.05) is 35.9 Å². The molecule has 2 rings (SSSR count). The van der Waals surface area contributed by atoms with E-state index in [1.807, 2.05) is 13.8 Å². The third-order valence-electron chi connectivity index (χ3n) is 2.89. The zero-order valence-corrected chi connectivity index (χ0v) is 13.3. The molecule has 0 radical (unpaired) electrons. The zero-order chi connectivity index (χ0) is 14.6. The van der Waals surface area contributed by atoms with Crippen LogP contribution in [0.5, 0.6) is 0 Å². The lowest BCUT2D eigenvalue weighted by atomic mass is 10.4. The van der Waals surface area contributed by atoms with Crippen LogP contribution in [0, 0.1) is 13.8 Å². The number of aryl methyl sites for hydroxylation is 2. The molecule has 0 aromatic carbocycles. The Labute approximate surface area is 123 Å². The quantitative estimate of drug-likeness (QED) is 0.694. The minimum absolute atomic E-state index is 0.331. The van der Waals surface area contributed by atoms with E-state index in [1.54, 1.807) is 6.07 Å². The third kappa shape index (κ3) is 3.94. The standard InChI is InChI=1S/C12H20N4O2S2/c1-9-8-11(10(2)19-9)20(17,18)16-7-6-15-12-13-4-3-5-14-12/h8,16H,3-7H2,1-2H3,(H2,13,14,15). The molecule has 8 heteroatoms. The lowest BCUT2D eigenvalue weighted by Gasteiger charge is -2.16. The summed E-state index contributed by atoms with van der Waals surface area (Å²) in [6.07, 6.45) is 1.04. The molecule has 112 valence electrons. The van der Waals surface area contributed by atoms with Crippen molar-refractivity contribution in [1.82, 2.24) is 15.4 Å². The molecule has 1 aliphatic heterocycles. The average Bonchev–Trinajstić information content (AvgIpc) is 2.76. The summed E-state index contributed by atoms with van der Waals surface area (Å²) in [5.74, 6) is 0.748. The van der Waals surface area contributed by atoms with Crippen LogP contribution in [0.2, 0.25) is 0 Å². The first-order valence-corrected chi connectivity index (χ1v) is 8.88. The fourth-order valence-electron chi connectivity index (χ4n) is 1.97. The maximum atomic E-state index is 12.1. The number of hydrogen-bond acceptors (Lipinski definition) is 6. The summed E-state index contributed by atoms with van der Waals surface area (Å²) in [7, 11) is -3.41. The number of nitrogens with one attached hydrogen (secondary N) is 3. The van der Waals surface area contributed by atoms with Crippen LogP contribution in [0.4, 0.5) is 0 Å². The number of nitrogens with zero attached hydrogens (tertiary/aromatic N) is 1. The van der Waals surface area contributed by atoms with Gasteiger partial charge in [-0.15, -0.1) is 11.3 Å². The van der Waals surface area contributed by atoms with Crippen LogP contribution in [0.3, 0.4) is 0 Å². The van der Waals surface area contributed by atoms with Crippen molar-refractivity contribution < 1.29 is 8.42 Å². The van der Waals surface area contributed by atoms with Crippen LogP contribution >= 0.6 is 11.3 Å². The first-order chi connectivity index (χ1) is 9.49. The minimum Gasteiger partial charge on any atom is -0.356 e. The molecular weight excluding hydrogens is 296 g/mol. The highest BCUT2D eigenvalue weighted by molar-refractivity contribution is 7.89. The molecule has 2 heterocycles. The van der Waals surface area contributed by atoms with E-state index in [0.717, 1.165) is 35.2 Å². The number of thiophene rings is 1. The van der Waals surface area contributed by atoms with Gasteiger partial charge < -0.3 is 10.6 Å². The Balaban J connectivity index is 1.84. The van der Waals surface area contributed by atoms with Gasteiger partial charge in [-0.1, -0.05) is 0 Å². The second-order valence-electron chi connectivity index (χ2n) is 4.61. The van der Waals surface area contributed by atoms with E-state index in [-0.39, 0.29) is 0 Å². The molecule has 0 spiro atoms. The molecular formula is C12H20N4O2S2. The summed E-state index contributed by atoms with van der Waals surface area (Å²) in [6.45, 7) is 6.29. The maximum absolute atomic E-state index is 12.1. The van der Waals surface area contributed by atoms with E-state index < -0.39 is 10.0 Å². The summed E-state index contributed by atoms with van der Waals surface area (Å²) in [5.41, 5.74) is 0. The Kier molecular flexibility index (Phi) is 5.00.